The maximum Gasteiger partial charge on any atom is 0.0836 e. The van der Waals surface area contributed by atoms with Gasteiger partial charge in [-0.3, -0.25) is 0 Å². The second-order valence-electron chi connectivity index (χ2n) is 2.58. The second kappa shape index (κ2) is 4.73. The van der Waals surface area contributed by atoms with Crippen molar-refractivity contribution in [2.45, 2.75) is 19.3 Å². The van der Waals surface area contributed by atoms with Gasteiger partial charge in [0.1, 0.15) is 0 Å². The zero-order valence-corrected chi connectivity index (χ0v) is 6.39. The molecule has 0 spiro atoms. The molecule has 0 aromatic rings. The summed E-state index contributed by atoms with van der Waals surface area (Å²) in [5, 5.41) is 0. The number of halogens is 1. The molecule has 0 atom stereocenters. The van der Waals surface area contributed by atoms with Crippen molar-refractivity contribution in [3.8, 4) is 11.8 Å². The van der Waals surface area contributed by atoms with Crippen LogP contribution in [0.25, 0.3) is 0 Å². The van der Waals surface area contributed by atoms with Crippen LogP contribution in [0.5, 0.6) is 0 Å². The molecule has 0 nitrogen and oxygen atoms in total. The smallest absolute Gasteiger partial charge is 0.0836 e. The molecular weight excluding hydrogens is 139 g/mol. The number of hydrogen-bond acceptors (Lipinski definition) is 0. The first kappa shape index (κ1) is 8.07. The molecule has 58 valence electrons. The zero-order valence-electron chi connectivity index (χ0n) is 6.39. The first-order valence-corrected chi connectivity index (χ1v) is 3.84. The molecule has 1 rings (SSSR count). The molecule has 0 bridgehead atoms. The predicted octanol–water partition coefficient (Wildman–Crippen LogP) is 2.83. The lowest BCUT2D eigenvalue weighted by Crippen LogP contribution is -1.60. The lowest BCUT2D eigenvalue weighted by Gasteiger charge is -1.73. The van der Waals surface area contributed by atoms with Crippen LogP contribution in [-0.4, -0.2) is 0 Å². The van der Waals surface area contributed by atoms with Crippen LogP contribution >= 0.6 is 0 Å². The molecular formula is C10H11F. The Labute approximate surface area is 66.8 Å². The molecule has 1 aliphatic rings. The molecule has 0 aliphatic heterocycles. The van der Waals surface area contributed by atoms with Crippen LogP contribution in [0.3, 0.4) is 0 Å². The van der Waals surface area contributed by atoms with E-state index in [0.29, 0.717) is 12.8 Å². The monoisotopic (exact) mass is 150 g/mol. The molecule has 0 amide bonds. The van der Waals surface area contributed by atoms with E-state index in [-0.39, 0.29) is 0 Å². The highest BCUT2D eigenvalue weighted by atomic mass is 19.1. The molecule has 1 aliphatic carbocycles. The molecule has 0 aromatic heterocycles. The first-order valence-electron chi connectivity index (χ1n) is 3.84. The fraction of sp³-hybridized carbons (Fsp3) is 0.400. The van der Waals surface area contributed by atoms with E-state index in [9.17, 15) is 4.39 Å². The van der Waals surface area contributed by atoms with Gasteiger partial charge >= 0.3 is 0 Å². The third-order valence-electron chi connectivity index (χ3n) is 1.48. The van der Waals surface area contributed by atoms with Crippen LogP contribution < -0.4 is 0 Å². The lowest BCUT2D eigenvalue weighted by molar-refractivity contribution is 0.717. The SMILES string of the molecule is FC=CCC#CC=CC1CC1. The summed E-state index contributed by atoms with van der Waals surface area (Å²) < 4.78 is 11.4. The minimum Gasteiger partial charge on any atom is -0.216 e. The molecule has 0 aromatic carbocycles. The number of rotatable bonds is 2. The van der Waals surface area contributed by atoms with E-state index in [1.807, 2.05) is 6.08 Å². The van der Waals surface area contributed by atoms with Crippen molar-refractivity contribution in [2.75, 3.05) is 0 Å². The van der Waals surface area contributed by atoms with E-state index in [4.69, 9.17) is 0 Å². The molecule has 1 fully saturated rings. The summed E-state index contributed by atoms with van der Waals surface area (Å²) in [4.78, 5) is 0. The van der Waals surface area contributed by atoms with Gasteiger partial charge in [0.2, 0.25) is 0 Å². The van der Waals surface area contributed by atoms with Gasteiger partial charge in [0.25, 0.3) is 0 Å². The highest BCUT2D eigenvalue weighted by molar-refractivity contribution is 5.18. The van der Waals surface area contributed by atoms with Gasteiger partial charge in [0, 0.05) is 6.42 Å². The van der Waals surface area contributed by atoms with E-state index in [1.165, 1.54) is 18.9 Å². The third-order valence-corrected chi connectivity index (χ3v) is 1.48. The number of allylic oxidation sites excluding steroid dienone is 3. The molecule has 0 saturated heterocycles. The van der Waals surface area contributed by atoms with Gasteiger partial charge in [-0.05, 0) is 30.9 Å². The maximum absolute atomic E-state index is 11.4. The van der Waals surface area contributed by atoms with Crippen molar-refractivity contribution in [1.29, 1.82) is 0 Å². The van der Waals surface area contributed by atoms with E-state index in [1.54, 1.807) is 0 Å². The molecule has 0 radical (unpaired) electrons. The van der Waals surface area contributed by atoms with Crippen molar-refractivity contribution in [3.63, 3.8) is 0 Å². The van der Waals surface area contributed by atoms with Crippen LogP contribution in [0, 0.1) is 17.8 Å². The summed E-state index contributed by atoms with van der Waals surface area (Å²) >= 11 is 0. The Morgan fingerprint density at radius 2 is 2.27 bits per heavy atom. The van der Waals surface area contributed by atoms with E-state index in [0.717, 1.165) is 5.92 Å². The van der Waals surface area contributed by atoms with Crippen LogP contribution in [-0.2, 0) is 0 Å². The lowest BCUT2D eigenvalue weighted by atomic mass is 10.3. The van der Waals surface area contributed by atoms with Crippen molar-refractivity contribution < 1.29 is 4.39 Å². The fourth-order valence-corrected chi connectivity index (χ4v) is 0.694. The van der Waals surface area contributed by atoms with E-state index < -0.39 is 0 Å². The van der Waals surface area contributed by atoms with Crippen molar-refractivity contribution >= 4 is 0 Å². The molecule has 11 heavy (non-hydrogen) atoms. The summed E-state index contributed by atoms with van der Waals surface area (Å²) in [6.07, 6.45) is 9.03. The fourth-order valence-electron chi connectivity index (χ4n) is 0.694. The van der Waals surface area contributed by atoms with Gasteiger partial charge < -0.3 is 0 Å². The Balaban J connectivity index is 2.10. The van der Waals surface area contributed by atoms with E-state index in [2.05, 4.69) is 17.9 Å². The molecule has 0 heterocycles. The number of hydrogen-bond donors (Lipinski definition) is 0. The van der Waals surface area contributed by atoms with Gasteiger partial charge in [0.05, 0.1) is 6.33 Å². The Kier molecular flexibility index (Phi) is 3.47. The largest absolute Gasteiger partial charge is 0.216 e. The van der Waals surface area contributed by atoms with Gasteiger partial charge in [0.15, 0.2) is 0 Å². The first-order chi connectivity index (χ1) is 5.43. The van der Waals surface area contributed by atoms with Gasteiger partial charge in [-0.25, -0.2) is 4.39 Å². The Hall–Kier alpha value is -1.03. The second-order valence-corrected chi connectivity index (χ2v) is 2.58. The average molecular weight is 150 g/mol. The normalized spacial score (nSPS) is 17.2. The van der Waals surface area contributed by atoms with Crippen LogP contribution in [0.2, 0.25) is 0 Å². The van der Waals surface area contributed by atoms with Crippen molar-refractivity contribution in [3.05, 3.63) is 24.6 Å². The molecule has 0 N–H and O–H groups in total. The zero-order chi connectivity index (χ0) is 7.94. The highest BCUT2D eigenvalue weighted by Gasteiger charge is 2.16. The standard InChI is InChI=1S/C10H11F/c11-9-5-3-1-2-4-6-10-7-8-10/h4-6,9-10H,3,7-8H2. The summed E-state index contributed by atoms with van der Waals surface area (Å²) in [6, 6.07) is 0. The van der Waals surface area contributed by atoms with Gasteiger partial charge in [-0.2, -0.15) is 0 Å². The molecule has 1 saturated carbocycles. The van der Waals surface area contributed by atoms with Crippen LogP contribution in [0.1, 0.15) is 19.3 Å². The van der Waals surface area contributed by atoms with Crippen molar-refractivity contribution in [1.82, 2.24) is 0 Å². The van der Waals surface area contributed by atoms with Crippen LogP contribution in [0.15, 0.2) is 24.6 Å². The quantitative estimate of drug-likeness (QED) is 0.531. The van der Waals surface area contributed by atoms with Crippen molar-refractivity contribution in [2.24, 2.45) is 5.92 Å². The summed E-state index contributed by atoms with van der Waals surface area (Å²) in [7, 11) is 0. The summed E-state index contributed by atoms with van der Waals surface area (Å²) in [5.41, 5.74) is 0. The maximum atomic E-state index is 11.4. The van der Waals surface area contributed by atoms with Gasteiger partial charge in [-0.1, -0.05) is 17.9 Å². The molecule has 0 unspecified atom stereocenters. The average Bonchev–Trinajstić information content (AvgIpc) is 2.80. The Bertz CT molecular complexity index is 211. The topological polar surface area (TPSA) is 0 Å². The van der Waals surface area contributed by atoms with Crippen LogP contribution in [0.4, 0.5) is 4.39 Å². The highest BCUT2D eigenvalue weighted by Crippen LogP contribution is 2.29. The summed E-state index contributed by atoms with van der Waals surface area (Å²) in [5.74, 6) is 6.43. The predicted molar refractivity (Wildman–Crippen MR) is 44.5 cm³/mol. The van der Waals surface area contributed by atoms with E-state index >= 15 is 0 Å². The third kappa shape index (κ3) is 4.38. The molecule has 1 heteroatoms. The minimum absolute atomic E-state index is 0.505. The Morgan fingerprint density at radius 3 is 2.91 bits per heavy atom. The minimum atomic E-state index is 0.505. The van der Waals surface area contributed by atoms with Gasteiger partial charge in [-0.15, -0.1) is 0 Å². The summed E-state index contributed by atoms with van der Waals surface area (Å²) in [6.45, 7) is 0. The Morgan fingerprint density at radius 1 is 1.45 bits per heavy atom.